The summed E-state index contributed by atoms with van der Waals surface area (Å²) in [5.41, 5.74) is 0.0295. The molecule has 3 rings (SSSR count). The number of rotatable bonds is 6. The van der Waals surface area contributed by atoms with Crippen molar-refractivity contribution in [2.75, 3.05) is 0 Å². The maximum atomic E-state index is 10.6. The molecule has 0 spiro atoms. The summed E-state index contributed by atoms with van der Waals surface area (Å²) in [6.07, 6.45) is 9.45. The predicted molar refractivity (Wildman–Crippen MR) is 91.3 cm³/mol. The zero-order valence-electron chi connectivity index (χ0n) is 14.4. The second kappa shape index (κ2) is 6.31. The van der Waals surface area contributed by atoms with E-state index in [1.807, 2.05) is 0 Å². The SMILES string of the molecule is C[C@H](CCCC(C)(C)OP)C1CCC2C3CCCC21C(O)O3. The van der Waals surface area contributed by atoms with Crippen LogP contribution in [0.4, 0.5) is 0 Å². The summed E-state index contributed by atoms with van der Waals surface area (Å²) in [5.74, 6) is 1.92. The van der Waals surface area contributed by atoms with E-state index in [9.17, 15) is 5.11 Å². The molecule has 0 radical (unpaired) electrons. The Labute approximate surface area is 137 Å². The van der Waals surface area contributed by atoms with Crippen LogP contribution in [0.15, 0.2) is 0 Å². The molecule has 2 aliphatic carbocycles. The Bertz CT molecular complexity index is 400. The fraction of sp³-hybridized carbons (Fsp3) is 1.00. The van der Waals surface area contributed by atoms with E-state index in [4.69, 9.17) is 9.26 Å². The molecule has 2 bridgehead atoms. The number of hydrogen-bond acceptors (Lipinski definition) is 3. The minimum absolute atomic E-state index is 0.0488. The van der Waals surface area contributed by atoms with Gasteiger partial charge in [0.15, 0.2) is 6.29 Å². The van der Waals surface area contributed by atoms with Crippen molar-refractivity contribution in [3.8, 4) is 0 Å². The molecule has 0 aromatic carbocycles. The number of aliphatic hydroxyl groups is 1. The van der Waals surface area contributed by atoms with Gasteiger partial charge in [0.05, 0.1) is 11.7 Å². The lowest BCUT2D eigenvalue weighted by molar-refractivity contribution is -0.148. The summed E-state index contributed by atoms with van der Waals surface area (Å²) in [6, 6.07) is 0. The van der Waals surface area contributed by atoms with Gasteiger partial charge in [-0.15, -0.1) is 0 Å². The van der Waals surface area contributed by atoms with Crippen molar-refractivity contribution >= 4 is 9.47 Å². The van der Waals surface area contributed by atoms with Crippen molar-refractivity contribution in [1.82, 2.24) is 0 Å². The monoisotopic (exact) mass is 328 g/mol. The molecule has 1 heterocycles. The Morgan fingerprint density at radius 3 is 2.86 bits per heavy atom. The van der Waals surface area contributed by atoms with Gasteiger partial charge in [0.1, 0.15) is 0 Å². The molecule has 3 aliphatic rings. The summed E-state index contributed by atoms with van der Waals surface area (Å²) in [5, 5.41) is 10.6. The molecule has 2 saturated carbocycles. The van der Waals surface area contributed by atoms with Crippen LogP contribution in [0.25, 0.3) is 0 Å². The third kappa shape index (κ3) is 2.77. The van der Waals surface area contributed by atoms with Crippen LogP contribution < -0.4 is 0 Å². The third-order valence-corrected chi connectivity index (χ3v) is 7.56. The highest BCUT2D eigenvalue weighted by atomic mass is 31.0. The van der Waals surface area contributed by atoms with Gasteiger partial charge in [0, 0.05) is 14.9 Å². The van der Waals surface area contributed by atoms with Gasteiger partial charge in [0.2, 0.25) is 0 Å². The summed E-state index contributed by atoms with van der Waals surface area (Å²) in [7, 11) is 2.39. The minimum atomic E-state index is -0.508. The Hall–Kier alpha value is 0.310. The number of ether oxygens (including phenoxy) is 1. The van der Waals surface area contributed by atoms with Crippen LogP contribution in [-0.2, 0) is 9.26 Å². The maximum absolute atomic E-state index is 10.6. The van der Waals surface area contributed by atoms with Crippen molar-refractivity contribution in [1.29, 1.82) is 0 Å². The summed E-state index contributed by atoms with van der Waals surface area (Å²) in [6.45, 7) is 6.69. The zero-order chi connectivity index (χ0) is 16.0. The molecule has 7 atom stereocenters. The molecule has 0 amide bonds. The van der Waals surface area contributed by atoms with Gasteiger partial charge >= 0.3 is 0 Å². The molecular weight excluding hydrogens is 295 g/mol. The molecule has 22 heavy (non-hydrogen) atoms. The molecule has 6 unspecified atom stereocenters. The van der Waals surface area contributed by atoms with E-state index >= 15 is 0 Å². The Morgan fingerprint density at radius 1 is 1.36 bits per heavy atom. The van der Waals surface area contributed by atoms with E-state index < -0.39 is 6.29 Å². The standard InChI is InChI=1S/C18H33O3P/c1-12(6-4-10-17(2,3)21-22)13-8-9-14-15-7-5-11-18(13,14)16(19)20-15/h12-16,19H,4-11,22H2,1-3H3/t12-,13?,14?,15?,16?,18?/m1/s1. The van der Waals surface area contributed by atoms with E-state index in [-0.39, 0.29) is 11.0 Å². The number of hydrogen-bond donors (Lipinski definition) is 1. The zero-order valence-corrected chi connectivity index (χ0v) is 15.5. The quantitative estimate of drug-likeness (QED) is 0.739. The van der Waals surface area contributed by atoms with Crippen molar-refractivity contribution in [2.45, 2.75) is 90.1 Å². The lowest BCUT2D eigenvalue weighted by atomic mass is 9.61. The molecule has 1 saturated heterocycles. The van der Waals surface area contributed by atoms with E-state index in [1.54, 1.807) is 0 Å². The largest absolute Gasteiger partial charge is 0.367 e. The molecule has 1 N–H and O–H groups in total. The summed E-state index contributed by atoms with van der Waals surface area (Å²) >= 11 is 0. The average Bonchev–Trinajstić information content (AvgIpc) is 2.93. The first kappa shape index (κ1) is 17.1. The predicted octanol–water partition coefficient (Wildman–Crippen LogP) is 4.29. The normalized spacial score (nSPS) is 42.4. The van der Waals surface area contributed by atoms with E-state index in [2.05, 4.69) is 30.2 Å². The summed E-state index contributed by atoms with van der Waals surface area (Å²) in [4.78, 5) is 0. The Kier molecular flexibility index (Phi) is 4.92. The van der Waals surface area contributed by atoms with Crippen molar-refractivity contribution in [2.24, 2.45) is 23.2 Å². The Balaban J connectivity index is 1.62. The Morgan fingerprint density at radius 2 is 2.14 bits per heavy atom. The highest BCUT2D eigenvalue weighted by molar-refractivity contribution is 7.09. The van der Waals surface area contributed by atoms with Crippen LogP contribution >= 0.6 is 9.47 Å². The van der Waals surface area contributed by atoms with Gasteiger partial charge in [-0.1, -0.05) is 26.2 Å². The van der Waals surface area contributed by atoms with Crippen LogP contribution in [-0.4, -0.2) is 23.1 Å². The van der Waals surface area contributed by atoms with E-state index in [1.165, 1.54) is 38.5 Å². The first-order valence-electron chi connectivity index (χ1n) is 9.12. The van der Waals surface area contributed by atoms with Crippen molar-refractivity contribution in [3.63, 3.8) is 0 Å². The van der Waals surface area contributed by atoms with Gasteiger partial charge in [-0.2, -0.15) is 0 Å². The first-order valence-corrected chi connectivity index (χ1v) is 9.59. The van der Waals surface area contributed by atoms with E-state index in [0.717, 1.165) is 12.8 Å². The van der Waals surface area contributed by atoms with Crippen LogP contribution in [0.2, 0.25) is 0 Å². The average molecular weight is 328 g/mol. The fourth-order valence-corrected chi connectivity index (χ4v) is 5.87. The van der Waals surface area contributed by atoms with Gasteiger partial charge in [0.25, 0.3) is 0 Å². The molecule has 1 aliphatic heterocycles. The fourth-order valence-electron chi connectivity index (χ4n) is 5.75. The molecule has 128 valence electrons. The van der Waals surface area contributed by atoms with Crippen LogP contribution in [0, 0.1) is 23.2 Å². The smallest absolute Gasteiger partial charge is 0.161 e. The van der Waals surface area contributed by atoms with Gasteiger partial charge in [-0.25, -0.2) is 0 Å². The molecular formula is C18H33O3P. The van der Waals surface area contributed by atoms with Crippen LogP contribution in [0.5, 0.6) is 0 Å². The van der Waals surface area contributed by atoms with Crippen molar-refractivity contribution < 1.29 is 14.4 Å². The van der Waals surface area contributed by atoms with Gasteiger partial charge in [-0.05, 0) is 63.7 Å². The second-order valence-electron chi connectivity index (χ2n) is 8.57. The second-order valence-corrected chi connectivity index (χ2v) is 8.80. The molecule has 4 heteroatoms. The molecule has 3 fully saturated rings. The van der Waals surface area contributed by atoms with Crippen LogP contribution in [0.3, 0.4) is 0 Å². The topological polar surface area (TPSA) is 38.7 Å². The van der Waals surface area contributed by atoms with Crippen LogP contribution in [0.1, 0.15) is 72.1 Å². The maximum Gasteiger partial charge on any atom is 0.161 e. The third-order valence-electron chi connectivity index (χ3n) is 6.92. The number of aliphatic hydroxyl groups excluding tert-OH is 1. The molecule has 3 nitrogen and oxygen atoms in total. The molecule has 0 aromatic rings. The lowest BCUT2D eigenvalue weighted by Crippen LogP contribution is -2.43. The molecule has 0 aromatic heterocycles. The first-order chi connectivity index (χ1) is 10.4. The van der Waals surface area contributed by atoms with Gasteiger partial charge < -0.3 is 14.4 Å². The minimum Gasteiger partial charge on any atom is -0.367 e. The highest BCUT2D eigenvalue weighted by Gasteiger charge is 2.64. The highest BCUT2D eigenvalue weighted by Crippen LogP contribution is 2.64. The van der Waals surface area contributed by atoms with Gasteiger partial charge in [-0.3, -0.25) is 0 Å². The van der Waals surface area contributed by atoms with E-state index in [0.29, 0.717) is 23.9 Å². The summed E-state index contributed by atoms with van der Waals surface area (Å²) < 4.78 is 11.4. The van der Waals surface area contributed by atoms with Crippen molar-refractivity contribution in [3.05, 3.63) is 0 Å². The lowest BCUT2D eigenvalue weighted by Gasteiger charge is -2.42.